The number of aromatic amines is 1. The van der Waals surface area contributed by atoms with Crippen LogP contribution >= 0.6 is 23.4 Å². The molecule has 1 aromatic heterocycles. The molecular weight excluding hydrogens is 312 g/mol. The summed E-state index contributed by atoms with van der Waals surface area (Å²) in [5, 5.41) is 3.31. The van der Waals surface area contributed by atoms with E-state index in [1.807, 2.05) is 25.1 Å². The van der Waals surface area contributed by atoms with Crippen LogP contribution in [-0.4, -0.2) is 20.8 Å². The van der Waals surface area contributed by atoms with Gasteiger partial charge in [0.15, 0.2) is 5.16 Å². The fourth-order valence-electron chi connectivity index (χ4n) is 1.78. The summed E-state index contributed by atoms with van der Waals surface area (Å²) in [5.74, 6) is 0. The standard InChI is InChI=1S/C13H15ClN4O2S/c1-7(15)5-8-3-4-10(9(14)6-8)21-13-16-11(19)12(20)17-18(13)2/h3-4,6-7H,5,15H2,1-2H3,(H,17,20). The van der Waals surface area contributed by atoms with Crippen LogP contribution in [0.15, 0.2) is 37.8 Å². The summed E-state index contributed by atoms with van der Waals surface area (Å²) < 4.78 is 1.39. The molecule has 0 aliphatic carbocycles. The van der Waals surface area contributed by atoms with Crippen molar-refractivity contribution < 1.29 is 0 Å². The van der Waals surface area contributed by atoms with Crippen LogP contribution in [0.1, 0.15) is 12.5 Å². The Morgan fingerprint density at radius 1 is 1.48 bits per heavy atom. The maximum Gasteiger partial charge on any atom is 0.339 e. The zero-order valence-electron chi connectivity index (χ0n) is 11.6. The number of halogens is 1. The molecule has 0 saturated heterocycles. The van der Waals surface area contributed by atoms with Crippen molar-refractivity contribution in [3.8, 4) is 0 Å². The Bertz CT molecular complexity index is 769. The molecule has 3 N–H and O–H groups in total. The summed E-state index contributed by atoms with van der Waals surface area (Å²) in [6.07, 6.45) is 0.736. The summed E-state index contributed by atoms with van der Waals surface area (Å²) in [7, 11) is 1.61. The molecule has 6 nitrogen and oxygen atoms in total. The Morgan fingerprint density at radius 3 is 2.81 bits per heavy atom. The number of aromatic nitrogens is 3. The molecule has 0 spiro atoms. The van der Waals surface area contributed by atoms with E-state index in [4.69, 9.17) is 17.3 Å². The highest BCUT2D eigenvalue weighted by molar-refractivity contribution is 7.99. The van der Waals surface area contributed by atoms with Gasteiger partial charge in [0.05, 0.1) is 5.02 Å². The minimum atomic E-state index is -0.819. The van der Waals surface area contributed by atoms with Gasteiger partial charge in [-0.15, -0.1) is 0 Å². The Hall–Kier alpha value is -1.57. The number of benzene rings is 1. The number of H-pyrrole nitrogens is 1. The summed E-state index contributed by atoms with van der Waals surface area (Å²) in [6, 6.07) is 5.68. The van der Waals surface area contributed by atoms with Crippen LogP contribution in [0.4, 0.5) is 0 Å². The van der Waals surface area contributed by atoms with Gasteiger partial charge in [0, 0.05) is 18.0 Å². The fraction of sp³-hybridized carbons (Fsp3) is 0.308. The van der Waals surface area contributed by atoms with Crippen molar-refractivity contribution in [3.05, 3.63) is 49.5 Å². The molecule has 8 heteroatoms. The molecule has 1 aromatic carbocycles. The van der Waals surface area contributed by atoms with Crippen LogP contribution in [0.5, 0.6) is 0 Å². The van der Waals surface area contributed by atoms with Crippen LogP contribution in [0, 0.1) is 0 Å². The van der Waals surface area contributed by atoms with Gasteiger partial charge in [-0.05, 0) is 42.8 Å². The number of rotatable bonds is 4. The first-order chi connectivity index (χ1) is 9.86. The molecule has 1 heterocycles. The van der Waals surface area contributed by atoms with Gasteiger partial charge in [0.1, 0.15) is 0 Å². The van der Waals surface area contributed by atoms with Crippen LogP contribution in [0.2, 0.25) is 5.02 Å². The number of hydrogen-bond acceptors (Lipinski definition) is 5. The van der Waals surface area contributed by atoms with E-state index in [0.717, 1.165) is 16.9 Å². The highest BCUT2D eigenvalue weighted by Gasteiger charge is 2.10. The highest BCUT2D eigenvalue weighted by Crippen LogP contribution is 2.32. The first kappa shape index (κ1) is 15.8. The van der Waals surface area contributed by atoms with E-state index in [-0.39, 0.29) is 6.04 Å². The predicted molar refractivity (Wildman–Crippen MR) is 83.0 cm³/mol. The number of nitrogens with two attached hydrogens (primary N) is 1. The Labute approximate surface area is 130 Å². The smallest absolute Gasteiger partial charge is 0.328 e. The Balaban J connectivity index is 2.30. The third-order valence-electron chi connectivity index (χ3n) is 2.70. The molecule has 21 heavy (non-hydrogen) atoms. The lowest BCUT2D eigenvalue weighted by Crippen LogP contribution is -2.33. The van der Waals surface area contributed by atoms with Crippen LogP contribution in [-0.2, 0) is 13.5 Å². The topological polar surface area (TPSA) is 93.8 Å². The lowest BCUT2D eigenvalue weighted by Gasteiger charge is -2.10. The molecule has 0 radical (unpaired) electrons. The minimum Gasteiger partial charge on any atom is -0.328 e. The maximum absolute atomic E-state index is 11.3. The monoisotopic (exact) mass is 326 g/mol. The molecule has 0 bridgehead atoms. The van der Waals surface area contributed by atoms with Crippen molar-refractivity contribution in [1.29, 1.82) is 0 Å². The molecule has 0 fully saturated rings. The number of nitrogens with zero attached hydrogens (tertiary/aromatic N) is 2. The van der Waals surface area contributed by atoms with Gasteiger partial charge in [0.25, 0.3) is 0 Å². The van der Waals surface area contributed by atoms with Gasteiger partial charge >= 0.3 is 11.1 Å². The molecule has 0 aliphatic rings. The van der Waals surface area contributed by atoms with Crippen molar-refractivity contribution in [2.24, 2.45) is 12.8 Å². The molecule has 1 atom stereocenters. The third kappa shape index (κ3) is 3.96. The maximum atomic E-state index is 11.3. The Kier molecular flexibility index (Phi) is 4.87. The molecule has 112 valence electrons. The van der Waals surface area contributed by atoms with E-state index in [9.17, 15) is 9.59 Å². The van der Waals surface area contributed by atoms with Crippen molar-refractivity contribution in [2.75, 3.05) is 0 Å². The van der Waals surface area contributed by atoms with Crippen molar-refractivity contribution in [1.82, 2.24) is 14.8 Å². The van der Waals surface area contributed by atoms with Crippen LogP contribution < -0.4 is 16.9 Å². The average molecular weight is 327 g/mol. The quantitative estimate of drug-likeness (QED) is 0.822. The number of hydrogen-bond donors (Lipinski definition) is 2. The van der Waals surface area contributed by atoms with E-state index < -0.39 is 11.1 Å². The number of aryl methyl sites for hydroxylation is 1. The lowest BCUT2D eigenvalue weighted by molar-refractivity contribution is 0.596. The fourth-order valence-corrected chi connectivity index (χ4v) is 2.90. The first-order valence-electron chi connectivity index (χ1n) is 6.26. The molecule has 2 aromatic rings. The summed E-state index contributed by atoms with van der Waals surface area (Å²) in [5.41, 5.74) is 5.23. The van der Waals surface area contributed by atoms with E-state index in [2.05, 4.69) is 10.1 Å². The number of nitrogens with one attached hydrogen (secondary N) is 1. The third-order valence-corrected chi connectivity index (χ3v) is 4.25. The molecule has 0 amide bonds. The average Bonchev–Trinajstić information content (AvgIpc) is 2.38. The zero-order valence-corrected chi connectivity index (χ0v) is 13.2. The van der Waals surface area contributed by atoms with Crippen molar-refractivity contribution in [3.63, 3.8) is 0 Å². The van der Waals surface area contributed by atoms with E-state index in [0.29, 0.717) is 10.2 Å². The largest absolute Gasteiger partial charge is 0.339 e. The van der Waals surface area contributed by atoms with Gasteiger partial charge in [-0.25, -0.2) is 0 Å². The second-order valence-corrected chi connectivity index (χ2v) is 6.16. The first-order valence-corrected chi connectivity index (χ1v) is 7.45. The highest BCUT2D eigenvalue weighted by atomic mass is 35.5. The Morgan fingerprint density at radius 2 is 2.19 bits per heavy atom. The van der Waals surface area contributed by atoms with Gasteiger partial charge in [-0.2, -0.15) is 4.98 Å². The lowest BCUT2D eigenvalue weighted by atomic mass is 10.1. The zero-order chi connectivity index (χ0) is 15.6. The van der Waals surface area contributed by atoms with Crippen LogP contribution in [0.3, 0.4) is 0 Å². The SMILES string of the molecule is CC(N)Cc1ccc(Sc2nc(=O)c(=O)[nH]n2C)c(Cl)c1. The molecular formula is C13H15ClN4O2S. The predicted octanol–water partition coefficient (Wildman–Crippen LogP) is 1.16. The van der Waals surface area contributed by atoms with Crippen molar-refractivity contribution in [2.45, 2.75) is 29.4 Å². The van der Waals surface area contributed by atoms with Gasteiger partial charge < -0.3 is 5.73 Å². The second kappa shape index (κ2) is 6.46. The van der Waals surface area contributed by atoms with Gasteiger partial charge in [0.2, 0.25) is 0 Å². The van der Waals surface area contributed by atoms with Crippen LogP contribution in [0.25, 0.3) is 0 Å². The minimum absolute atomic E-state index is 0.0567. The van der Waals surface area contributed by atoms with Crippen molar-refractivity contribution >= 4 is 23.4 Å². The summed E-state index contributed by atoms with van der Waals surface area (Å²) in [4.78, 5) is 27.0. The second-order valence-electron chi connectivity index (χ2n) is 4.75. The molecule has 1 unspecified atom stereocenters. The van der Waals surface area contributed by atoms with E-state index >= 15 is 0 Å². The van der Waals surface area contributed by atoms with E-state index in [1.165, 1.54) is 16.4 Å². The molecule has 0 saturated carbocycles. The normalized spacial score (nSPS) is 12.4. The van der Waals surface area contributed by atoms with Gasteiger partial charge in [-0.1, -0.05) is 17.7 Å². The molecule has 0 aliphatic heterocycles. The van der Waals surface area contributed by atoms with Gasteiger partial charge in [-0.3, -0.25) is 19.4 Å². The van der Waals surface area contributed by atoms with E-state index in [1.54, 1.807) is 7.05 Å². The molecule has 2 rings (SSSR count). The summed E-state index contributed by atoms with van der Waals surface area (Å²) >= 11 is 7.45. The summed E-state index contributed by atoms with van der Waals surface area (Å²) in [6.45, 7) is 1.93.